The Morgan fingerprint density at radius 1 is 0.605 bits per heavy atom. The highest BCUT2D eigenvalue weighted by atomic mass is 16.5. The molecule has 0 rings (SSSR count). The highest BCUT2D eigenvalue weighted by molar-refractivity contribution is 5.69. The second-order valence-electron chi connectivity index (χ2n) is 12.0. The normalized spacial score (nSPS) is 12.6. The van der Waals surface area contributed by atoms with E-state index in [4.69, 9.17) is 4.74 Å². The summed E-state index contributed by atoms with van der Waals surface area (Å²) < 4.78 is 4.97. The number of nitrogens with zero attached hydrogens (tertiary/aromatic N) is 1. The smallest absolute Gasteiger partial charge is 0.305 e. The Bertz CT molecular complexity index is 502. The van der Waals surface area contributed by atoms with Gasteiger partial charge in [0.2, 0.25) is 0 Å². The summed E-state index contributed by atoms with van der Waals surface area (Å²) in [7, 11) is 4.44. The molecule has 0 amide bonds. The van der Waals surface area contributed by atoms with Crippen LogP contribution in [0.15, 0.2) is 12.2 Å². The molecule has 0 aromatic rings. The molecule has 38 heavy (non-hydrogen) atoms. The van der Waals surface area contributed by atoms with Crippen LogP contribution < -0.4 is 0 Å². The minimum absolute atomic E-state index is 0.0379. The van der Waals surface area contributed by atoms with Crippen molar-refractivity contribution in [3.63, 3.8) is 0 Å². The Balaban J connectivity index is 3.50. The van der Waals surface area contributed by atoms with Crippen molar-refractivity contribution in [2.75, 3.05) is 27.2 Å². The zero-order valence-electron chi connectivity index (χ0n) is 26.6. The minimum atomic E-state index is -0.0379. The van der Waals surface area contributed by atoms with Gasteiger partial charge in [-0.25, -0.2) is 0 Å². The lowest BCUT2D eigenvalue weighted by molar-refractivity contribution is -0.143. The second-order valence-corrected chi connectivity index (χ2v) is 12.0. The van der Waals surface area contributed by atoms with Crippen molar-refractivity contribution in [2.24, 2.45) is 5.92 Å². The first-order valence-electron chi connectivity index (χ1n) is 17.0. The number of carbonyl (C=O) groups excluding carboxylic acids is 1. The van der Waals surface area contributed by atoms with Gasteiger partial charge in [0.25, 0.3) is 0 Å². The van der Waals surface area contributed by atoms with Crippen LogP contribution in [0.25, 0.3) is 0 Å². The van der Waals surface area contributed by atoms with Gasteiger partial charge in [0.15, 0.2) is 0 Å². The van der Waals surface area contributed by atoms with E-state index in [1.807, 2.05) is 6.92 Å². The van der Waals surface area contributed by atoms with Gasteiger partial charge in [0.05, 0.1) is 6.61 Å². The molecule has 0 saturated heterocycles. The van der Waals surface area contributed by atoms with Gasteiger partial charge in [0, 0.05) is 6.42 Å². The summed E-state index contributed by atoms with van der Waals surface area (Å²) in [6.45, 7) is 5.94. The molecule has 1 unspecified atom stereocenters. The van der Waals surface area contributed by atoms with E-state index in [9.17, 15) is 4.79 Å². The zero-order chi connectivity index (χ0) is 27.9. The predicted molar refractivity (Wildman–Crippen MR) is 169 cm³/mol. The van der Waals surface area contributed by atoms with Gasteiger partial charge in [0.1, 0.15) is 0 Å². The summed E-state index contributed by atoms with van der Waals surface area (Å²) in [6, 6.07) is 0. The second kappa shape index (κ2) is 30.7. The number of hydrogen-bond acceptors (Lipinski definition) is 3. The highest BCUT2D eigenvalue weighted by Gasteiger charge is 2.09. The first kappa shape index (κ1) is 37.2. The maximum atomic E-state index is 11.3. The third kappa shape index (κ3) is 29.7. The Morgan fingerprint density at radius 2 is 1.05 bits per heavy atom. The molecule has 0 N–H and O–H groups in total. The minimum Gasteiger partial charge on any atom is -0.466 e. The van der Waals surface area contributed by atoms with Gasteiger partial charge >= 0.3 is 5.97 Å². The van der Waals surface area contributed by atoms with E-state index in [1.165, 1.54) is 148 Å². The first-order valence-corrected chi connectivity index (χ1v) is 17.0. The van der Waals surface area contributed by atoms with Crippen molar-refractivity contribution >= 4 is 5.97 Å². The van der Waals surface area contributed by atoms with Crippen LogP contribution in [0.2, 0.25) is 0 Å². The van der Waals surface area contributed by atoms with Crippen molar-refractivity contribution in [3.05, 3.63) is 12.2 Å². The average Bonchev–Trinajstić information content (AvgIpc) is 2.90. The summed E-state index contributed by atoms with van der Waals surface area (Å²) in [5.74, 6) is 0.920. The van der Waals surface area contributed by atoms with Crippen LogP contribution in [0.1, 0.15) is 174 Å². The molecule has 0 aromatic carbocycles. The van der Waals surface area contributed by atoms with Crippen LogP contribution in [0, 0.1) is 5.92 Å². The largest absolute Gasteiger partial charge is 0.466 e. The van der Waals surface area contributed by atoms with Crippen molar-refractivity contribution in [1.29, 1.82) is 0 Å². The standard InChI is InChI=1S/C35H69NO2/c1-5-7-8-9-23-26-29-34(32-33-36(3)4)30-27-24-21-19-17-15-13-11-10-12-14-16-18-20-22-25-28-31-35(37)38-6-2/h12,14,34H,5-11,13,15-33H2,1-4H3/b14-12-. The van der Waals surface area contributed by atoms with Crippen molar-refractivity contribution < 1.29 is 9.53 Å². The van der Waals surface area contributed by atoms with Crippen molar-refractivity contribution in [3.8, 4) is 0 Å². The lowest BCUT2D eigenvalue weighted by Gasteiger charge is -2.19. The molecule has 0 heterocycles. The van der Waals surface area contributed by atoms with Crippen LogP contribution in [0.5, 0.6) is 0 Å². The van der Waals surface area contributed by atoms with Gasteiger partial charge in [-0.2, -0.15) is 0 Å². The summed E-state index contributed by atoms with van der Waals surface area (Å²) in [5, 5.41) is 0. The Hall–Kier alpha value is -0.830. The van der Waals surface area contributed by atoms with Crippen LogP contribution in [-0.2, 0) is 9.53 Å². The van der Waals surface area contributed by atoms with Gasteiger partial charge < -0.3 is 9.64 Å². The maximum absolute atomic E-state index is 11.3. The summed E-state index contributed by atoms with van der Waals surface area (Å²) in [5.41, 5.74) is 0. The van der Waals surface area contributed by atoms with Crippen LogP contribution in [-0.4, -0.2) is 38.1 Å². The van der Waals surface area contributed by atoms with E-state index in [0.29, 0.717) is 13.0 Å². The number of ether oxygens (including phenoxy) is 1. The summed E-state index contributed by atoms with van der Waals surface area (Å²) >= 11 is 0. The third-order valence-electron chi connectivity index (χ3n) is 7.91. The third-order valence-corrected chi connectivity index (χ3v) is 7.91. The van der Waals surface area contributed by atoms with Crippen molar-refractivity contribution in [2.45, 2.75) is 174 Å². The molecule has 0 fully saturated rings. The number of rotatable bonds is 30. The molecule has 0 radical (unpaired) electrons. The molecule has 3 heteroatoms. The maximum Gasteiger partial charge on any atom is 0.305 e. The number of esters is 1. The van der Waals surface area contributed by atoms with Crippen LogP contribution in [0.4, 0.5) is 0 Å². The summed E-state index contributed by atoms with van der Waals surface area (Å²) in [4.78, 5) is 13.7. The molecule has 0 aromatic heterocycles. The molecule has 3 nitrogen and oxygen atoms in total. The number of carbonyl (C=O) groups is 1. The Labute approximate surface area is 239 Å². The van der Waals surface area contributed by atoms with E-state index in [-0.39, 0.29) is 5.97 Å². The van der Waals surface area contributed by atoms with Gasteiger partial charge in [-0.15, -0.1) is 0 Å². The van der Waals surface area contributed by atoms with Crippen LogP contribution >= 0.6 is 0 Å². The van der Waals surface area contributed by atoms with Crippen molar-refractivity contribution in [1.82, 2.24) is 4.90 Å². The topological polar surface area (TPSA) is 29.5 Å². The fraction of sp³-hybridized carbons (Fsp3) is 0.914. The SMILES string of the molecule is CCCCCCCCC(CCCCCCCCCC/C=C\CCCCCCCC(=O)OCC)CCN(C)C. The number of unbranched alkanes of at least 4 members (excludes halogenated alkanes) is 18. The van der Waals surface area contributed by atoms with E-state index >= 15 is 0 Å². The van der Waals surface area contributed by atoms with Gasteiger partial charge in [-0.05, 0) is 72.0 Å². The van der Waals surface area contributed by atoms with E-state index in [0.717, 1.165) is 18.8 Å². The molecule has 0 spiro atoms. The number of hydrogen-bond donors (Lipinski definition) is 0. The van der Waals surface area contributed by atoms with Gasteiger partial charge in [-0.3, -0.25) is 4.79 Å². The molecule has 0 aliphatic rings. The zero-order valence-corrected chi connectivity index (χ0v) is 26.6. The molecule has 0 saturated carbocycles. The molecule has 1 atom stereocenters. The lowest BCUT2D eigenvalue weighted by atomic mass is 9.91. The number of allylic oxidation sites excluding steroid dienone is 2. The molecule has 0 bridgehead atoms. The van der Waals surface area contributed by atoms with Gasteiger partial charge in [-0.1, -0.05) is 135 Å². The fourth-order valence-corrected chi connectivity index (χ4v) is 5.37. The highest BCUT2D eigenvalue weighted by Crippen LogP contribution is 2.22. The molecule has 226 valence electrons. The molecular weight excluding hydrogens is 466 g/mol. The lowest BCUT2D eigenvalue weighted by Crippen LogP contribution is -2.17. The molecule has 0 aliphatic carbocycles. The average molecular weight is 536 g/mol. The quantitative estimate of drug-likeness (QED) is 0.0520. The molecular formula is C35H69NO2. The van der Waals surface area contributed by atoms with E-state index < -0.39 is 0 Å². The monoisotopic (exact) mass is 536 g/mol. The Kier molecular flexibility index (Phi) is 30.0. The fourth-order valence-electron chi connectivity index (χ4n) is 5.37. The predicted octanol–water partition coefficient (Wildman–Crippen LogP) is 11.1. The first-order chi connectivity index (χ1) is 18.6. The Morgan fingerprint density at radius 3 is 1.53 bits per heavy atom. The summed E-state index contributed by atoms with van der Waals surface area (Å²) in [6.07, 6.45) is 38.1. The van der Waals surface area contributed by atoms with E-state index in [2.05, 4.69) is 38.1 Å². The molecule has 0 aliphatic heterocycles. The van der Waals surface area contributed by atoms with Crippen LogP contribution in [0.3, 0.4) is 0 Å². The van der Waals surface area contributed by atoms with E-state index in [1.54, 1.807) is 0 Å².